The Kier molecular flexibility index (Phi) is 2.41. The van der Waals surface area contributed by atoms with Gasteiger partial charge in [0.2, 0.25) is 0 Å². The largest absolute Gasteiger partial charge is 0.393 e. The van der Waals surface area contributed by atoms with Gasteiger partial charge in [-0.15, -0.1) is 0 Å². The number of quaternary nitrogens is 1. The molecule has 1 N–H and O–H groups in total. The number of aliphatic hydroxyl groups excluding tert-OH is 1. The van der Waals surface area contributed by atoms with Crippen LogP contribution in [0.3, 0.4) is 0 Å². The zero-order valence-corrected chi connectivity index (χ0v) is 11.0. The quantitative estimate of drug-likeness (QED) is 0.480. The smallest absolute Gasteiger partial charge is 0.142 e. The Morgan fingerprint density at radius 2 is 1.62 bits per heavy atom. The molecular formula is C9H16NO2Y+. The number of epoxide rings is 1. The van der Waals surface area contributed by atoms with Gasteiger partial charge in [-0.3, -0.25) is 0 Å². The first kappa shape index (κ1) is 10.5. The summed E-state index contributed by atoms with van der Waals surface area (Å²) in [6, 6.07) is 1.12. The van der Waals surface area contributed by atoms with Crippen molar-refractivity contribution in [2.24, 2.45) is 0 Å². The van der Waals surface area contributed by atoms with Crippen molar-refractivity contribution in [2.75, 3.05) is 14.1 Å². The van der Waals surface area contributed by atoms with E-state index in [1.165, 1.54) is 0 Å². The van der Waals surface area contributed by atoms with E-state index >= 15 is 0 Å². The SMILES string of the molecule is C[N+]1(C)C2CC(O)CC1[C@H]1OC21.[Y]. The Labute approximate surface area is 104 Å². The minimum Gasteiger partial charge on any atom is -0.393 e. The number of hydrogen-bond acceptors (Lipinski definition) is 2. The molecule has 3 heterocycles. The van der Waals surface area contributed by atoms with E-state index in [0.717, 1.165) is 17.3 Å². The summed E-state index contributed by atoms with van der Waals surface area (Å²) in [7, 11) is 4.55. The van der Waals surface area contributed by atoms with E-state index in [-0.39, 0.29) is 38.8 Å². The van der Waals surface area contributed by atoms with Crippen LogP contribution >= 0.6 is 0 Å². The first-order valence-corrected chi connectivity index (χ1v) is 4.77. The van der Waals surface area contributed by atoms with Gasteiger partial charge < -0.3 is 14.3 Å². The van der Waals surface area contributed by atoms with E-state index in [1.54, 1.807) is 0 Å². The molecule has 13 heavy (non-hydrogen) atoms. The Balaban J connectivity index is 0.000000653. The molecule has 0 aliphatic carbocycles. The molecule has 3 rings (SSSR count). The van der Waals surface area contributed by atoms with Gasteiger partial charge >= 0.3 is 0 Å². The summed E-state index contributed by atoms with van der Waals surface area (Å²) in [5.74, 6) is 0. The van der Waals surface area contributed by atoms with E-state index in [2.05, 4.69) is 14.1 Å². The van der Waals surface area contributed by atoms with Gasteiger partial charge in [-0.2, -0.15) is 0 Å². The van der Waals surface area contributed by atoms with Crippen LogP contribution in [0.2, 0.25) is 0 Å². The summed E-state index contributed by atoms with van der Waals surface area (Å²) < 4.78 is 6.65. The molecule has 3 fully saturated rings. The fourth-order valence-corrected chi connectivity index (χ4v) is 3.22. The Morgan fingerprint density at radius 1 is 1.15 bits per heavy atom. The van der Waals surface area contributed by atoms with E-state index in [9.17, 15) is 5.11 Å². The third kappa shape index (κ3) is 1.28. The van der Waals surface area contributed by atoms with Crippen molar-refractivity contribution in [1.82, 2.24) is 0 Å². The minimum absolute atomic E-state index is 0. The Bertz CT molecular complexity index is 214. The molecule has 0 aromatic carbocycles. The number of piperidine rings is 1. The maximum absolute atomic E-state index is 9.60. The van der Waals surface area contributed by atoms with Crippen LogP contribution < -0.4 is 0 Å². The average Bonchev–Trinajstić information content (AvgIpc) is 2.66. The van der Waals surface area contributed by atoms with E-state index in [4.69, 9.17) is 4.74 Å². The molecule has 3 nitrogen and oxygen atoms in total. The fourth-order valence-electron chi connectivity index (χ4n) is 3.22. The van der Waals surface area contributed by atoms with Crippen molar-refractivity contribution in [3.8, 4) is 0 Å². The second-order valence-electron chi connectivity index (χ2n) is 4.95. The van der Waals surface area contributed by atoms with E-state index < -0.39 is 0 Å². The topological polar surface area (TPSA) is 32.8 Å². The average molecular weight is 259 g/mol. The number of nitrogens with zero attached hydrogens (tertiary/aromatic N) is 1. The van der Waals surface area contributed by atoms with Crippen LogP contribution in [0.4, 0.5) is 0 Å². The number of rotatable bonds is 0. The maximum atomic E-state index is 9.60. The van der Waals surface area contributed by atoms with Gasteiger partial charge in [-0.25, -0.2) is 0 Å². The molecule has 3 aliphatic rings. The van der Waals surface area contributed by atoms with Crippen molar-refractivity contribution in [3.05, 3.63) is 0 Å². The summed E-state index contributed by atoms with van der Waals surface area (Å²) in [4.78, 5) is 0. The summed E-state index contributed by atoms with van der Waals surface area (Å²) in [6.45, 7) is 0. The second kappa shape index (κ2) is 2.99. The van der Waals surface area contributed by atoms with Gasteiger partial charge in [-0.1, -0.05) is 0 Å². The first-order chi connectivity index (χ1) is 5.60. The predicted molar refractivity (Wildman–Crippen MR) is 43.6 cm³/mol. The van der Waals surface area contributed by atoms with Crippen molar-refractivity contribution in [3.63, 3.8) is 0 Å². The Hall–Kier alpha value is 0.984. The fraction of sp³-hybridized carbons (Fsp3) is 1.00. The van der Waals surface area contributed by atoms with Gasteiger partial charge in [0.1, 0.15) is 24.3 Å². The van der Waals surface area contributed by atoms with Crippen molar-refractivity contribution >= 4 is 0 Å². The van der Waals surface area contributed by atoms with E-state index in [1.807, 2.05) is 0 Å². The van der Waals surface area contributed by atoms with Crippen LogP contribution in [0.25, 0.3) is 0 Å². The summed E-state index contributed by atoms with van der Waals surface area (Å²) in [5.41, 5.74) is 0. The zero-order chi connectivity index (χ0) is 8.51. The van der Waals surface area contributed by atoms with Crippen molar-refractivity contribution in [1.29, 1.82) is 0 Å². The summed E-state index contributed by atoms with van der Waals surface area (Å²) in [5, 5.41) is 9.60. The molecule has 71 valence electrons. The van der Waals surface area contributed by atoms with Crippen LogP contribution in [0.1, 0.15) is 12.8 Å². The molecule has 2 bridgehead atoms. The zero-order valence-electron chi connectivity index (χ0n) is 8.18. The van der Waals surface area contributed by atoms with Gasteiger partial charge in [-0.05, 0) is 0 Å². The van der Waals surface area contributed by atoms with Gasteiger partial charge in [0.05, 0.1) is 20.2 Å². The van der Waals surface area contributed by atoms with Crippen LogP contribution in [0.5, 0.6) is 0 Å². The van der Waals surface area contributed by atoms with Crippen molar-refractivity contribution < 1.29 is 47.0 Å². The van der Waals surface area contributed by atoms with Crippen molar-refractivity contribution in [2.45, 2.75) is 43.2 Å². The van der Waals surface area contributed by atoms with Crippen LogP contribution in [-0.2, 0) is 37.4 Å². The normalized spacial score (nSPS) is 55.2. The molecular weight excluding hydrogens is 243 g/mol. The third-order valence-electron chi connectivity index (χ3n) is 4.06. The molecule has 1 radical (unpaired) electrons. The minimum atomic E-state index is -0.0671. The van der Waals surface area contributed by atoms with Gasteiger partial charge in [0, 0.05) is 45.6 Å². The van der Waals surface area contributed by atoms with Crippen LogP contribution in [0.15, 0.2) is 0 Å². The van der Waals surface area contributed by atoms with Crippen LogP contribution in [0, 0.1) is 0 Å². The second-order valence-corrected chi connectivity index (χ2v) is 4.95. The third-order valence-corrected chi connectivity index (χ3v) is 4.06. The monoisotopic (exact) mass is 259 g/mol. The molecule has 3 aliphatic heterocycles. The standard InChI is InChI=1S/C9H16NO2.Y/c1-10(2)6-3-5(11)4-7(10)9-8(6)12-9;/h5-9,11H,3-4H2,1-2H3;/q+1;/t5?,6?,7?,8-,9?;/m1./s1. The molecule has 4 heteroatoms. The first-order valence-electron chi connectivity index (χ1n) is 4.77. The number of ether oxygens (including phenoxy) is 1. The number of fused-ring (bicyclic) bond motifs is 5. The van der Waals surface area contributed by atoms with Crippen LogP contribution in [-0.4, -0.2) is 54.1 Å². The van der Waals surface area contributed by atoms with Gasteiger partial charge in [0.15, 0.2) is 0 Å². The predicted octanol–water partition coefficient (Wildman–Crippen LogP) is -0.267. The van der Waals surface area contributed by atoms with Gasteiger partial charge in [0.25, 0.3) is 0 Å². The number of morpholine rings is 1. The molecule has 3 saturated heterocycles. The number of likely N-dealkylation sites (N-methyl/N-ethyl adjacent to an activating group) is 1. The molecule has 0 saturated carbocycles. The molecule has 0 spiro atoms. The molecule has 4 unspecified atom stereocenters. The van der Waals surface area contributed by atoms with E-state index in [0.29, 0.717) is 24.3 Å². The molecule has 0 aromatic heterocycles. The summed E-state index contributed by atoms with van der Waals surface area (Å²) >= 11 is 0. The number of aliphatic hydroxyl groups is 1. The number of hydrogen-bond donors (Lipinski definition) is 1. The molecule has 0 amide bonds. The molecule has 5 atom stereocenters. The maximum Gasteiger partial charge on any atom is 0.142 e. The Morgan fingerprint density at radius 3 is 2.08 bits per heavy atom. The summed E-state index contributed by atoms with van der Waals surface area (Å²) in [6.07, 6.45) is 2.75. The molecule has 0 aromatic rings.